The molecule has 0 aromatic carbocycles. The molecule has 1 fully saturated rings. The Morgan fingerprint density at radius 3 is 2.40 bits per heavy atom. The molecule has 0 aliphatic heterocycles. The molecule has 1 rings (SSSR count). The normalized spacial score (nSPS) is 16.5. The number of rotatable bonds is 5. The third kappa shape index (κ3) is 3.20. The Hall–Kier alpha value is -1.10. The molecule has 1 aliphatic carbocycles. The van der Waals surface area contributed by atoms with E-state index < -0.39 is 11.5 Å². The summed E-state index contributed by atoms with van der Waals surface area (Å²) in [5, 5.41) is 11.8. The number of aliphatic carboxylic acids is 1. The Kier molecular flexibility index (Phi) is 3.34. The number of nitrogens with one attached hydrogen (secondary N) is 1. The molecule has 0 bridgehead atoms. The molecule has 1 saturated carbocycles. The largest absolute Gasteiger partial charge is 0.480 e. The van der Waals surface area contributed by atoms with E-state index in [-0.39, 0.29) is 12.5 Å². The average molecular weight is 214 g/mol. The molecule has 0 heterocycles. The highest BCUT2D eigenvalue weighted by molar-refractivity contribution is 5.81. The van der Waals surface area contributed by atoms with Gasteiger partial charge in [0.1, 0.15) is 5.54 Å². The SMILES string of the molecule is CN(CC(=O)NC1CC1)C(C)(C)C(=O)O. The fourth-order valence-corrected chi connectivity index (χ4v) is 1.08. The zero-order valence-electron chi connectivity index (χ0n) is 9.41. The van der Waals surface area contributed by atoms with E-state index in [1.165, 1.54) is 4.90 Å². The molecule has 86 valence electrons. The van der Waals surface area contributed by atoms with Gasteiger partial charge in [0.25, 0.3) is 0 Å². The van der Waals surface area contributed by atoms with Crippen LogP contribution in [0.2, 0.25) is 0 Å². The molecule has 0 atom stereocenters. The highest BCUT2D eigenvalue weighted by atomic mass is 16.4. The van der Waals surface area contributed by atoms with Crippen molar-refractivity contribution in [2.75, 3.05) is 13.6 Å². The fraction of sp³-hybridized carbons (Fsp3) is 0.800. The van der Waals surface area contributed by atoms with Gasteiger partial charge in [-0.15, -0.1) is 0 Å². The van der Waals surface area contributed by atoms with E-state index in [4.69, 9.17) is 5.11 Å². The molecule has 5 heteroatoms. The van der Waals surface area contributed by atoms with Crippen molar-refractivity contribution in [3.63, 3.8) is 0 Å². The number of hydrogen-bond donors (Lipinski definition) is 2. The van der Waals surface area contributed by atoms with Crippen LogP contribution in [0.3, 0.4) is 0 Å². The summed E-state index contributed by atoms with van der Waals surface area (Å²) in [6, 6.07) is 0.318. The number of carboxylic acids is 1. The summed E-state index contributed by atoms with van der Waals surface area (Å²) in [6.07, 6.45) is 2.08. The second-order valence-electron chi connectivity index (χ2n) is 4.56. The number of carbonyl (C=O) groups excluding carboxylic acids is 1. The van der Waals surface area contributed by atoms with Crippen LogP contribution in [-0.4, -0.2) is 47.1 Å². The van der Waals surface area contributed by atoms with Gasteiger partial charge >= 0.3 is 5.97 Å². The molecule has 0 aromatic heterocycles. The van der Waals surface area contributed by atoms with Crippen LogP contribution in [-0.2, 0) is 9.59 Å². The van der Waals surface area contributed by atoms with Crippen molar-refractivity contribution in [1.82, 2.24) is 10.2 Å². The van der Waals surface area contributed by atoms with Crippen molar-refractivity contribution >= 4 is 11.9 Å². The molecule has 15 heavy (non-hydrogen) atoms. The van der Waals surface area contributed by atoms with E-state index in [1.807, 2.05) is 0 Å². The van der Waals surface area contributed by atoms with Crippen molar-refractivity contribution < 1.29 is 14.7 Å². The topological polar surface area (TPSA) is 69.6 Å². The van der Waals surface area contributed by atoms with Gasteiger partial charge < -0.3 is 10.4 Å². The second-order valence-corrected chi connectivity index (χ2v) is 4.56. The predicted molar refractivity (Wildman–Crippen MR) is 55.5 cm³/mol. The van der Waals surface area contributed by atoms with Gasteiger partial charge in [-0.3, -0.25) is 14.5 Å². The molecule has 1 amide bonds. The van der Waals surface area contributed by atoms with E-state index in [1.54, 1.807) is 20.9 Å². The predicted octanol–water partition coefficient (Wildman–Crippen LogP) is 0.0600. The molecule has 0 saturated heterocycles. The quantitative estimate of drug-likeness (QED) is 0.679. The van der Waals surface area contributed by atoms with E-state index >= 15 is 0 Å². The van der Waals surface area contributed by atoms with Crippen molar-refractivity contribution in [3.8, 4) is 0 Å². The van der Waals surface area contributed by atoms with E-state index in [2.05, 4.69) is 5.32 Å². The highest BCUT2D eigenvalue weighted by Gasteiger charge is 2.33. The van der Waals surface area contributed by atoms with Crippen LogP contribution in [0.1, 0.15) is 26.7 Å². The first kappa shape index (κ1) is 12.0. The Balaban J connectivity index is 2.42. The zero-order valence-corrected chi connectivity index (χ0v) is 9.41. The number of carbonyl (C=O) groups is 2. The van der Waals surface area contributed by atoms with Crippen molar-refractivity contribution in [3.05, 3.63) is 0 Å². The van der Waals surface area contributed by atoms with Gasteiger partial charge in [0.2, 0.25) is 5.91 Å². The molecule has 5 nitrogen and oxygen atoms in total. The standard InChI is InChI=1S/C10H18N2O3/c1-10(2,9(14)15)12(3)6-8(13)11-7-4-5-7/h7H,4-6H2,1-3H3,(H,11,13)(H,14,15). The van der Waals surface area contributed by atoms with Gasteiger partial charge in [0.05, 0.1) is 6.54 Å². The lowest BCUT2D eigenvalue weighted by atomic mass is 10.0. The number of carboxylic acid groups (broad SMARTS) is 1. The minimum Gasteiger partial charge on any atom is -0.480 e. The third-order valence-corrected chi connectivity index (χ3v) is 2.80. The maximum atomic E-state index is 11.4. The number of hydrogen-bond acceptors (Lipinski definition) is 3. The fourth-order valence-electron chi connectivity index (χ4n) is 1.08. The van der Waals surface area contributed by atoms with Gasteiger partial charge in [0.15, 0.2) is 0 Å². The first-order chi connectivity index (χ1) is 6.84. The Labute approximate surface area is 89.4 Å². The zero-order chi connectivity index (χ0) is 11.6. The van der Waals surface area contributed by atoms with Gasteiger partial charge in [-0.2, -0.15) is 0 Å². The Morgan fingerprint density at radius 2 is 2.00 bits per heavy atom. The lowest BCUT2D eigenvalue weighted by Gasteiger charge is -2.30. The first-order valence-corrected chi connectivity index (χ1v) is 5.08. The van der Waals surface area contributed by atoms with Crippen molar-refractivity contribution in [2.45, 2.75) is 38.3 Å². The average Bonchev–Trinajstić information content (AvgIpc) is 2.87. The summed E-state index contributed by atoms with van der Waals surface area (Å²) >= 11 is 0. The summed E-state index contributed by atoms with van der Waals surface area (Å²) in [4.78, 5) is 23.9. The van der Waals surface area contributed by atoms with Crippen LogP contribution in [0.25, 0.3) is 0 Å². The van der Waals surface area contributed by atoms with Crippen LogP contribution < -0.4 is 5.32 Å². The second kappa shape index (κ2) is 4.18. The van der Waals surface area contributed by atoms with Gasteiger partial charge in [0, 0.05) is 6.04 Å². The lowest BCUT2D eigenvalue weighted by molar-refractivity contribution is -0.149. The minimum absolute atomic E-state index is 0.102. The summed E-state index contributed by atoms with van der Waals surface area (Å²) in [5.74, 6) is -1.03. The van der Waals surface area contributed by atoms with Crippen LogP contribution in [0.15, 0.2) is 0 Å². The van der Waals surface area contributed by atoms with Crippen LogP contribution in [0.4, 0.5) is 0 Å². The third-order valence-electron chi connectivity index (χ3n) is 2.80. The smallest absolute Gasteiger partial charge is 0.323 e. The monoisotopic (exact) mass is 214 g/mol. The van der Waals surface area contributed by atoms with Crippen LogP contribution in [0.5, 0.6) is 0 Å². The molecule has 0 radical (unpaired) electrons. The lowest BCUT2D eigenvalue weighted by Crippen LogP contribution is -2.51. The van der Waals surface area contributed by atoms with Gasteiger partial charge in [-0.05, 0) is 33.7 Å². The first-order valence-electron chi connectivity index (χ1n) is 5.08. The maximum absolute atomic E-state index is 11.4. The minimum atomic E-state index is -1.01. The number of amides is 1. The summed E-state index contributed by atoms with van der Waals surface area (Å²) in [6.45, 7) is 3.29. The highest BCUT2D eigenvalue weighted by Crippen LogP contribution is 2.18. The van der Waals surface area contributed by atoms with Gasteiger partial charge in [-0.25, -0.2) is 0 Å². The summed E-state index contributed by atoms with van der Waals surface area (Å²) in [7, 11) is 1.64. The van der Waals surface area contributed by atoms with Gasteiger partial charge in [-0.1, -0.05) is 0 Å². The molecule has 2 N–H and O–H groups in total. The van der Waals surface area contributed by atoms with Crippen molar-refractivity contribution in [2.24, 2.45) is 0 Å². The summed E-state index contributed by atoms with van der Waals surface area (Å²) < 4.78 is 0. The number of nitrogens with zero attached hydrogens (tertiary/aromatic N) is 1. The molecular weight excluding hydrogens is 196 g/mol. The molecular formula is C10H18N2O3. The van der Waals surface area contributed by atoms with Crippen molar-refractivity contribution in [1.29, 1.82) is 0 Å². The van der Waals surface area contributed by atoms with E-state index in [0.717, 1.165) is 12.8 Å². The maximum Gasteiger partial charge on any atom is 0.323 e. The van der Waals surface area contributed by atoms with Crippen LogP contribution >= 0.6 is 0 Å². The molecule has 0 unspecified atom stereocenters. The summed E-state index contributed by atoms with van der Waals surface area (Å²) in [5.41, 5.74) is -1.01. The molecule has 0 aromatic rings. The van der Waals surface area contributed by atoms with E-state index in [0.29, 0.717) is 6.04 Å². The molecule has 0 spiro atoms. The Bertz CT molecular complexity index is 272. The molecule has 1 aliphatic rings. The van der Waals surface area contributed by atoms with Crippen LogP contribution in [0, 0.1) is 0 Å². The Morgan fingerprint density at radius 1 is 1.47 bits per heavy atom. The van der Waals surface area contributed by atoms with E-state index in [9.17, 15) is 9.59 Å². The number of likely N-dealkylation sites (N-methyl/N-ethyl adjacent to an activating group) is 1.